The number of para-hydroxylation sites is 1. The summed E-state index contributed by atoms with van der Waals surface area (Å²) in [7, 11) is 0. The highest BCUT2D eigenvalue weighted by atomic mass is 32.2. The Hall–Kier alpha value is -1.07. The summed E-state index contributed by atoms with van der Waals surface area (Å²) in [6.45, 7) is 5.12. The summed E-state index contributed by atoms with van der Waals surface area (Å²) in [6, 6.07) is 8.16. The van der Waals surface area contributed by atoms with E-state index in [1.54, 1.807) is 11.8 Å². The molecule has 19 heavy (non-hydrogen) atoms. The van der Waals surface area contributed by atoms with Gasteiger partial charge in [0.1, 0.15) is 0 Å². The minimum atomic E-state index is -0.183. The number of fused-ring (bicyclic) bond motifs is 1. The van der Waals surface area contributed by atoms with E-state index in [1.165, 1.54) is 4.90 Å². The van der Waals surface area contributed by atoms with Crippen LogP contribution in [0.1, 0.15) is 20.3 Å². The van der Waals surface area contributed by atoms with Gasteiger partial charge in [0.25, 0.3) is 0 Å². The molecule has 0 aliphatic carbocycles. The van der Waals surface area contributed by atoms with E-state index in [1.807, 2.05) is 19.1 Å². The topological polar surface area (TPSA) is 29.5 Å². The highest BCUT2D eigenvalue weighted by molar-refractivity contribution is 8.02. The first-order chi connectivity index (χ1) is 9.17. The molecule has 1 heterocycles. The number of nitrogens with zero attached hydrogens (tertiary/aromatic N) is 1. The Kier molecular flexibility index (Phi) is 4.82. The molecule has 0 bridgehead atoms. The zero-order valence-electron chi connectivity index (χ0n) is 11.1. The van der Waals surface area contributed by atoms with Gasteiger partial charge in [-0.3, -0.25) is 4.79 Å². The molecule has 1 aromatic carbocycles. The second kappa shape index (κ2) is 6.39. The molecule has 1 aliphatic rings. The van der Waals surface area contributed by atoms with E-state index in [0.717, 1.165) is 17.2 Å². The van der Waals surface area contributed by atoms with Gasteiger partial charge in [-0.05, 0) is 26.0 Å². The molecule has 0 radical (unpaired) electrons. The number of carbonyl (C=O) groups excluding carboxylic acids is 1. The summed E-state index contributed by atoms with van der Waals surface area (Å²) in [6.07, 6.45) is 0.335. The van der Waals surface area contributed by atoms with Gasteiger partial charge in [-0.25, -0.2) is 0 Å². The molecule has 2 rings (SSSR count). The Morgan fingerprint density at radius 3 is 2.84 bits per heavy atom. The molecule has 0 N–H and O–H groups in total. The normalized spacial score (nSPS) is 18.1. The highest BCUT2D eigenvalue weighted by Crippen LogP contribution is 2.40. The van der Waals surface area contributed by atoms with Gasteiger partial charge < -0.3 is 9.64 Å². The van der Waals surface area contributed by atoms with Crippen LogP contribution in [0, 0.1) is 0 Å². The Labute approximate surface area is 123 Å². The van der Waals surface area contributed by atoms with Crippen LogP contribution in [0.25, 0.3) is 0 Å². The molecule has 0 fully saturated rings. The number of anilines is 1. The van der Waals surface area contributed by atoms with Crippen LogP contribution in [0.4, 0.5) is 5.69 Å². The van der Waals surface area contributed by atoms with Crippen LogP contribution >= 0.6 is 24.0 Å². The number of hydrogen-bond donors (Lipinski definition) is 0. The number of thioether (sulfide) groups is 1. The van der Waals surface area contributed by atoms with E-state index in [0.29, 0.717) is 13.0 Å². The fourth-order valence-corrected chi connectivity index (χ4v) is 3.77. The van der Waals surface area contributed by atoms with E-state index in [-0.39, 0.29) is 11.2 Å². The number of rotatable bonds is 4. The lowest BCUT2D eigenvalue weighted by Gasteiger charge is -2.35. The fraction of sp³-hybridized carbons (Fsp3) is 0.429. The molecule has 5 heteroatoms. The number of hydrogen-bond acceptors (Lipinski definition) is 4. The van der Waals surface area contributed by atoms with E-state index in [9.17, 15) is 4.79 Å². The number of esters is 1. The Morgan fingerprint density at radius 1 is 1.42 bits per heavy atom. The highest BCUT2D eigenvalue weighted by Gasteiger charge is 2.31. The summed E-state index contributed by atoms with van der Waals surface area (Å²) in [4.78, 5) is 15.7. The average molecular weight is 295 g/mol. The van der Waals surface area contributed by atoms with Crippen molar-refractivity contribution in [2.75, 3.05) is 18.1 Å². The van der Waals surface area contributed by atoms with Crippen LogP contribution in [0.5, 0.6) is 0 Å². The maximum Gasteiger partial charge on any atom is 0.307 e. The Balaban J connectivity index is 2.21. The van der Waals surface area contributed by atoms with Crippen molar-refractivity contribution < 1.29 is 9.53 Å². The monoisotopic (exact) mass is 295 g/mol. The molecule has 0 aromatic heterocycles. The van der Waals surface area contributed by atoms with E-state index < -0.39 is 0 Å². The summed E-state index contributed by atoms with van der Waals surface area (Å²) in [5.41, 5.74) is 1.14. The van der Waals surface area contributed by atoms with Crippen molar-refractivity contribution in [2.24, 2.45) is 0 Å². The molecule has 1 aromatic rings. The molecule has 0 saturated carbocycles. The standard InChI is InChI=1S/C14H17NO2S2/c1-3-15-10-7-5-6-8-11(10)19-12(14(15)18)9-13(16)17-4-2/h5-8,12H,3-4,9H2,1-2H3. The van der Waals surface area contributed by atoms with Gasteiger partial charge in [0.05, 0.1) is 29.0 Å². The summed E-state index contributed by atoms with van der Waals surface area (Å²) >= 11 is 7.18. The first-order valence-corrected chi connectivity index (χ1v) is 7.68. The zero-order chi connectivity index (χ0) is 13.8. The number of carbonyl (C=O) groups is 1. The quantitative estimate of drug-likeness (QED) is 0.628. The molecule has 0 saturated heterocycles. The van der Waals surface area contributed by atoms with Crippen molar-refractivity contribution >= 4 is 40.6 Å². The van der Waals surface area contributed by atoms with Crippen LogP contribution in [0.15, 0.2) is 29.2 Å². The molecule has 1 atom stereocenters. The van der Waals surface area contributed by atoms with Crippen molar-refractivity contribution in [1.82, 2.24) is 0 Å². The third kappa shape index (κ3) is 3.09. The second-order valence-electron chi connectivity index (χ2n) is 4.17. The largest absolute Gasteiger partial charge is 0.466 e. The van der Waals surface area contributed by atoms with Gasteiger partial charge in [-0.1, -0.05) is 24.4 Å². The van der Waals surface area contributed by atoms with Gasteiger partial charge in [-0.15, -0.1) is 11.8 Å². The first kappa shape index (κ1) is 14.3. The molecule has 3 nitrogen and oxygen atoms in total. The van der Waals surface area contributed by atoms with E-state index in [4.69, 9.17) is 17.0 Å². The molecule has 0 spiro atoms. The second-order valence-corrected chi connectivity index (χ2v) is 5.83. The predicted molar refractivity (Wildman–Crippen MR) is 83.0 cm³/mol. The van der Waals surface area contributed by atoms with Crippen LogP contribution in [-0.4, -0.2) is 29.4 Å². The lowest BCUT2D eigenvalue weighted by molar-refractivity contribution is -0.142. The Bertz CT molecular complexity index is 490. The van der Waals surface area contributed by atoms with Gasteiger partial charge in [0, 0.05) is 11.4 Å². The van der Waals surface area contributed by atoms with Crippen molar-refractivity contribution in [1.29, 1.82) is 0 Å². The summed E-state index contributed by atoms with van der Waals surface area (Å²) < 4.78 is 5.02. The van der Waals surface area contributed by atoms with Crippen molar-refractivity contribution in [3.63, 3.8) is 0 Å². The van der Waals surface area contributed by atoms with Crippen molar-refractivity contribution in [3.8, 4) is 0 Å². The van der Waals surface area contributed by atoms with Gasteiger partial charge in [-0.2, -0.15) is 0 Å². The third-order valence-electron chi connectivity index (χ3n) is 2.94. The smallest absolute Gasteiger partial charge is 0.307 e. The van der Waals surface area contributed by atoms with Gasteiger partial charge in [0.15, 0.2) is 0 Å². The van der Waals surface area contributed by atoms with Gasteiger partial charge in [0.2, 0.25) is 0 Å². The molecule has 1 aliphatic heterocycles. The van der Waals surface area contributed by atoms with Crippen molar-refractivity contribution in [3.05, 3.63) is 24.3 Å². The zero-order valence-corrected chi connectivity index (χ0v) is 12.7. The van der Waals surface area contributed by atoms with E-state index >= 15 is 0 Å². The van der Waals surface area contributed by atoms with E-state index in [2.05, 4.69) is 24.0 Å². The van der Waals surface area contributed by atoms with Crippen LogP contribution in [-0.2, 0) is 9.53 Å². The van der Waals surface area contributed by atoms with Crippen LogP contribution in [0.3, 0.4) is 0 Å². The minimum Gasteiger partial charge on any atom is -0.466 e. The first-order valence-electron chi connectivity index (χ1n) is 6.40. The molecule has 102 valence electrons. The number of thiocarbonyl (C=S) groups is 1. The van der Waals surface area contributed by atoms with Gasteiger partial charge >= 0.3 is 5.97 Å². The lowest BCUT2D eigenvalue weighted by Crippen LogP contribution is -2.40. The lowest BCUT2D eigenvalue weighted by atomic mass is 10.2. The molecular weight excluding hydrogens is 278 g/mol. The predicted octanol–water partition coefficient (Wildman–Crippen LogP) is 3.27. The SMILES string of the molecule is CCOC(=O)CC1Sc2ccccc2N(CC)C1=S. The maximum absolute atomic E-state index is 11.7. The molecule has 0 amide bonds. The number of benzene rings is 1. The average Bonchev–Trinajstić information content (AvgIpc) is 2.40. The third-order valence-corrected chi connectivity index (χ3v) is 4.87. The van der Waals surface area contributed by atoms with Crippen LogP contribution in [0.2, 0.25) is 0 Å². The molecular formula is C14H17NO2S2. The molecule has 1 unspecified atom stereocenters. The maximum atomic E-state index is 11.7. The summed E-state index contributed by atoms with van der Waals surface area (Å²) in [5, 5.41) is -0.0103. The Morgan fingerprint density at radius 2 is 2.16 bits per heavy atom. The minimum absolute atomic E-state index is 0.0103. The fourth-order valence-electron chi connectivity index (χ4n) is 2.10. The van der Waals surface area contributed by atoms with Crippen LogP contribution < -0.4 is 4.90 Å². The van der Waals surface area contributed by atoms with Crippen molar-refractivity contribution in [2.45, 2.75) is 30.4 Å². The summed E-state index contributed by atoms with van der Waals surface area (Å²) in [5.74, 6) is -0.183. The number of ether oxygens (including phenoxy) is 1.